The molecule has 0 fully saturated rings. The van der Waals surface area contributed by atoms with E-state index in [9.17, 15) is 19.7 Å². The molecule has 0 spiro atoms. The quantitative estimate of drug-likeness (QED) is 0.418. The van der Waals surface area contributed by atoms with Crippen molar-refractivity contribution in [3.63, 3.8) is 0 Å². The van der Waals surface area contributed by atoms with Crippen LogP contribution in [0.25, 0.3) is 0 Å². The van der Waals surface area contributed by atoms with Crippen molar-refractivity contribution >= 4 is 40.1 Å². The molecule has 8 heteroatoms. The van der Waals surface area contributed by atoms with Gasteiger partial charge in [0.15, 0.2) is 0 Å². The van der Waals surface area contributed by atoms with Gasteiger partial charge in [0.25, 0.3) is 11.6 Å². The van der Waals surface area contributed by atoms with Gasteiger partial charge in [0.2, 0.25) is 5.91 Å². The monoisotopic (exact) mass is 419 g/mol. The van der Waals surface area contributed by atoms with Crippen molar-refractivity contribution < 1.29 is 14.5 Å². The van der Waals surface area contributed by atoms with Crippen molar-refractivity contribution in [2.75, 3.05) is 0 Å². The van der Waals surface area contributed by atoms with Gasteiger partial charge in [0.1, 0.15) is 5.54 Å². The lowest BCUT2D eigenvalue weighted by Gasteiger charge is -2.29. The highest BCUT2D eigenvalue weighted by atomic mass is 127. The number of carbonyl (C=O) groups excluding carboxylic acids is 2. The number of benzene rings is 1. The van der Waals surface area contributed by atoms with Crippen molar-refractivity contribution in [3.8, 4) is 0 Å². The third-order valence-electron chi connectivity index (χ3n) is 3.16. The van der Waals surface area contributed by atoms with Crippen molar-refractivity contribution in [2.45, 2.75) is 32.7 Å². The lowest BCUT2D eigenvalue weighted by atomic mass is 9.89. The average Bonchev–Trinajstić information content (AvgIpc) is 2.37. The van der Waals surface area contributed by atoms with Crippen LogP contribution in [0.4, 0.5) is 5.69 Å². The molecule has 3 N–H and O–H groups in total. The highest BCUT2D eigenvalue weighted by Crippen LogP contribution is 2.22. The summed E-state index contributed by atoms with van der Waals surface area (Å²) < 4.78 is 0.553. The summed E-state index contributed by atoms with van der Waals surface area (Å²) in [5.74, 6) is -1.06. The zero-order chi connectivity index (χ0) is 17.1. The third-order valence-corrected chi connectivity index (χ3v) is 4.10. The van der Waals surface area contributed by atoms with Gasteiger partial charge in [0.05, 0.1) is 10.5 Å². The highest BCUT2D eigenvalue weighted by molar-refractivity contribution is 14.1. The Bertz CT molecular complexity index is 618. The number of hydrogen-bond donors (Lipinski definition) is 2. The number of primary amides is 1. The molecule has 0 saturated heterocycles. The molecule has 0 radical (unpaired) electrons. The number of rotatable bonds is 6. The fourth-order valence-corrected chi connectivity index (χ4v) is 2.73. The minimum Gasteiger partial charge on any atom is -0.368 e. The van der Waals surface area contributed by atoms with E-state index in [0.717, 1.165) is 0 Å². The molecule has 7 nitrogen and oxygen atoms in total. The van der Waals surface area contributed by atoms with Gasteiger partial charge >= 0.3 is 0 Å². The Labute approximate surface area is 141 Å². The molecule has 1 atom stereocenters. The van der Waals surface area contributed by atoms with Crippen molar-refractivity contribution in [3.05, 3.63) is 37.4 Å². The number of nitro groups is 1. The van der Waals surface area contributed by atoms with Gasteiger partial charge in [-0.3, -0.25) is 19.7 Å². The van der Waals surface area contributed by atoms with E-state index in [1.54, 1.807) is 6.92 Å². The summed E-state index contributed by atoms with van der Waals surface area (Å²) in [7, 11) is 0. The first kappa shape index (κ1) is 18.3. The third kappa shape index (κ3) is 4.39. The maximum Gasteiger partial charge on any atom is 0.270 e. The van der Waals surface area contributed by atoms with Crippen LogP contribution in [-0.2, 0) is 4.79 Å². The predicted molar refractivity (Wildman–Crippen MR) is 90.3 cm³/mol. The number of nitrogens with two attached hydrogens (primary N) is 1. The lowest BCUT2D eigenvalue weighted by molar-refractivity contribution is -0.384. The van der Waals surface area contributed by atoms with E-state index >= 15 is 0 Å². The van der Waals surface area contributed by atoms with Crippen LogP contribution in [0.15, 0.2) is 18.2 Å². The molecular formula is C14H18IN3O4. The average molecular weight is 419 g/mol. The van der Waals surface area contributed by atoms with Crippen LogP contribution in [-0.4, -0.2) is 22.3 Å². The van der Waals surface area contributed by atoms with E-state index in [-0.39, 0.29) is 17.2 Å². The molecule has 0 saturated carbocycles. The molecular weight excluding hydrogens is 401 g/mol. The zero-order valence-electron chi connectivity index (χ0n) is 12.6. The minimum absolute atomic E-state index is 0.141. The lowest BCUT2D eigenvalue weighted by Crippen LogP contribution is -2.56. The fourth-order valence-electron chi connectivity index (χ4n) is 2.15. The van der Waals surface area contributed by atoms with Gasteiger partial charge < -0.3 is 11.1 Å². The number of nitrogens with one attached hydrogen (secondary N) is 1. The fraction of sp³-hybridized carbons (Fsp3) is 0.429. The second kappa shape index (κ2) is 7.03. The SMILES string of the molecule is CC(C)CC(C)(NC(=O)c1cc([N+](=O)[O-])ccc1I)C(N)=O. The molecule has 1 aromatic carbocycles. The predicted octanol–water partition coefficient (Wildman–Crippen LogP) is 2.22. The topological polar surface area (TPSA) is 115 Å². The van der Waals surface area contributed by atoms with Crippen LogP contribution in [0.2, 0.25) is 0 Å². The number of hydrogen-bond acceptors (Lipinski definition) is 4. The normalized spacial score (nSPS) is 13.5. The number of nitrogens with zero attached hydrogens (tertiary/aromatic N) is 1. The first-order chi connectivity index (χ1) is 10.1. The number of carbonyl (C=O) groups is 2. The van der Waals surface area contributed by atoms with Crippen LogP contribution < -0.4 is 11.1 Å². The molecule has 0 aliphatic carbocycles. The molecule has 1 unspecified atom stereocenters. The summed E-state index contributed by atoms with van der Waals surface area (Å²) in [4.78, 5) is 34.3. The zero-order valence-corrected chi connectivity index (χ0v) is 14.7. The van der Waals surface area contributed by atoms with Crippen LogP contribution >= 0.6 is 22.6 Å². The first-order valence-corrected chi connectivity index (χ1v) is 7.71. The molecule has 0 aliphatic rings. The molecule has 1 aromatic rings. The molecule has 120 valence electrons. The van der Waals surface area contributed by atoms with E-state index in [2.05, 4.69) is 5.32 Å². The first-order valence-electron chi connectivity index (χ1n) is 6.63. The van der Waals surface area contributed by atoms with E-state index in [1.807, 2.05) is 36.4 Å². The molecule has 22 heavy (non-hydrogen) atoms. The summed E-state index contributed by atoms with van der Waals surface area (Å²) in [6, 6.07) is 3.99. The summed E-state index contributed by atoms with van der Waals surface area (Å²) in [5, 5.41) is 13.4. The molecule has 0 aliphatic heterocycles. The van der Waals surface area contributed by atoms with Crippen molar-refractivity contribution in [2.24, 2.45) is 11.7 Å². The van der Waals surface area contributed by atoms with Gasteiger partial charge in [-0.2, -0.15) is 0 Å². The summed E-state index contributed by atoms with van der Waals surface area (Å²) in [5.41, 5.74) is 4.15. The van der Waals surface area contributed by atoms with Gasteiger partial charge in [-0.05, 0) is 47.9 Å². The molecule has 1 rings (SSSR count). The number of nitro benzene ring substituents is 1. The van der Waals surface area contributed by atoms with Gasteiger partial charge in [-0.15, -0.1) is 0 Å². The number of halogens is 1. The Kier molecular flexibility index (Phi) is 5.86. The Morgan fingerprint density at radius 2 is 2.05 bits per heavy atom. The summed E-state index contributed by atoms with van der Waals surface area (Å²) in [6.07, 6.45) is 0.375. The van der Waals surface area contributed by atoms with Crippen LogP contribution in [0.3, 0.4) is 0 Å². The number of amides is 2. The van der Waals surface area contributed by atoms with Gasteiger partial charge in [0, 0.05) is 15.7 Å². The molecule has 2 amide bonds. The summed E-state index contributed by atoms with van der Waals surface area (Å²) >= 11 is 1.91. The number of non-ortho nitro benzene ring substituents is 1. The Morgan fingerprint density at radius 1 is 1.45 bits per heavy atom. The molecule has 0 aromatic heterocycles. The van der Waals surface area contributed by atoms with Crippen molar-refractivity contribution in [1.29, 1.82) is 0 Å². The summed E-state index contributed by atoms with van der Waals surface area (Å²) in [6.45, 7) is 5.37. The van der Waals surface area contributed by atoms with Gasteiger partial charge in [-0.1, -0.05) is 13.8 Å². The highest BCUT2D eigenvalue weighted by Gasteiger charge is 2.34. The van der Waals surface area contributed by atoms with Crippen LogP contribution in [0, 0.1) is 19.6 Å². The second-order valence-electron chi connectivity index (χ2n) is 5.67. The Hall–Kier alpha value is -1.71. The van der Waals surface area contributed by atoms with Crippen molar-refractivity contribution in [1.82, 2.24) is 5.32 Å². The second-order valence-corrected chi connectivity index (χ2v) is 6.83. The van der Waals surface area contributed by atoms with Gasteiger partial charge in [-0.25, -0.2) is 0 Å². The standard InChI is InChI=1S/C14H18IN3O4/c1-8(2)7-14(3,13(16)20)17-12(19)10-6-9(18(21)22)4-5-11(10)15/h4-6,8H,7H2,1-3H3,(H2,16,20)(H,17,19). The minimum atomic E-state index is -1.21. The molecule has 0 bridgehead atoms. The van der Waals surface area contributed by atoms with E-state index in [1.165, 1.54) is 18.2 Å². The Balaban J connectivity index is 3.12. The molecule has 0 heterocycles. The van der Waals surface area contributed by atoms with Crippen LogP contribution in [0.1, 0.15) is 37.6 Å². The maximum absolute atomic E-state index is 12.4. The maximum atomic E-state index is 12.4. The smallest absolute Gasteiger partial charge is 0.270 e. The Morgan fingerprint density at radius 3 is 2.50 bits per heavy atom. The van der Waals surface area contributed by atoms with E-state index in [0.29, 0.717) is 9.99 Å². The van der Waals surface area contributed by atoms with E-state index in [4.69, 9.17) is 5.73 Å². The van der Waals surface area contributed by atoms with E-state index < -0.39 is 22.3 Å². The largest absolute Gasteiger partial charge is 0.368 e. The van der Waals surface area contributed by atoms with Crippen LogP contribution in [0.5, 0.6) is 0 Å².